The van der Waals surface area contributed by atoms with E-state index in [1.54, 1.807) is 19.1 Å². The summed E-state index contributed by atoms with van der Waals surface area (Å²) in [4.78, 5) is 15.8. The summed E-state index contributed by atoms with van der Waals surface area (Å²) < 4.78 is 11.4. The Bertz CT molecular complexity index is 1020. The van der Waals surface area contributed by atoms with Crippen molar-refractivity contribution < 1.29 is 19.1 Å². The molecule has 2 aromatic carbocycles. The molecule has 0 fully saturated rings. The molecule has 0 aliphatic rings. The second-order valence-corrected chi connectivity index (χ2v) is 7.22. The first-order valence-corrected chi connectivity index (χ1v) is 9.36. The van der Waals surface area contributed by atoms with Crippen molar-refractivity contribution in [1.82, 2.24) is 10.3 Å². The van der Waals surface area contributed by atoms with Gasteiger partial charge in [-0.2, -0.15) is 0 Å². The quantitative estimate of drug-likeness (QED) is 0.577. The molecule has 2 unspecified atom stereocenters. The Kier molecular flexibility index (Phi) is 5.90. The monoisotopic (exact) mass is 392 g/mol. The Hall–Kier alpha value is -3.30. The Balaban J connectivity index is 1.75. The highest BCUT2D eigenvalue weighted by Gasteiger charge is 2.29. The molecule has 3 rings (SSSR count). The van der Waals surface area contributed by atoms with Crippen LogP contribution in [0, 0.1) is 11.8 Å². The van der Waals surface area contributed by atoms with E-state index < -0.39 is 11.6 Å². The van der Waals surface area contributed by atoms with Gasteiger partial charge in [0.15, 0.2) is 11.2 Å². The summed E-state index contributed by atoms with van der Waals surface area (Å²) in [7, 11) is 0. The van der Waals surface area contributed by atoms with Crippen LogP contribution in [0.15, 0.2) is 52.9 Å². The van der Waals surface area contributed by atoms with Gasteiger partial charge >= 0.3 is 5.97 Å². The number of hydrogen-bond donors (Lipinski definition) is 2. The van der Waals surface area contributed by atoms with Gasteiger partial charge in [-0.3, -0.25) is 5.32 Å². The average Bonchev–Trinajstić information content (AvgIpc) is 3.12. The Labute approximate surface area is 169 Å². The van der Waals surface area contributed by atoms with Crippen molar-refractivity contribution in [3.63, 3.8) is 0 Å². The SMILES string of the molecule is CC#CC(NC(C)c1ccc(OC(C)(C)C(=O)O)cc1)c1nc2ccccc2o1. The molecule has 6 nitrogen and oxygen atoms in total. The number of hydrogen-bond acceptors (Lipinski definition) is 5. The summed E-state index contributed by atoms with van der Waals surface area (Å²) in [5.74, 6) is 6.04. The van der Waals surface area contributed by atoms with Gasteiger partial charge in [-0.15, -0.1) is 5.92 Å². The fraction of sp³-hybridized carbons (Fsp3) is 0.304. The first-order chi connectivity index (χ1) is 13.8. The van der Waals surface area contributed by atoms with E-state index in [1.165, 1.54) is 13.8 Å². The van der Waals surface area contributed by atoms with Gasteiger partial charge in [-0.25, -0.2) is 9.78 Å². The fourth-order valence-corrected chi connectivity index (χ4v) is 2.84. The Morgan fingerprint density at radius 1 is 1.21 bits per heavy atom. The van der Waals surface area contributed by atoms with Crippen molar-refractivity contribution >= 4 is 17.1 Å². The number of ether oxygens (including phenoxy) is 1. The number of carbonyl (C=O) groups is 1. The molecule has 0 spiro atoms. The number of aromatic nitrogens is 1. The van der Waals surface area contributed by atoms with E-state index in [2.05, 4.69) is 22.1 Å². The normalized spacial score (nSPS) is 13.4. The maximum Gasteiger partial charge on any atom is 0.347 e. The standard InChI is InChI=1S/C23H24N2O4/c1-5-8-19(21-25-18-9-6-7-10-20(18)28-21)24-15(2)16-11-13-17(14-12-16)29-23(3,4)22(26)27/h6-7,9-15,19,24H,1-4H3,(H,26,27). The van der Waals surface area contributed by atoms with Gasteiger partial charge in [-0.05, 0) is 57.5 Å². The molecule has 1 aromatic heterocycles. The van der Waals surface area contributed by atoms with E-state index in [9.17, 15) is 9.90 Å². The number of aliphatic carboxylic acids is 1. The van der Waals surface area contributed by atoms with Crippen molar-refractivity contribution in [1.29, 1.82) is 0 Å². The number of benzene rings is 2. The molecule has 0 aliphatic carbocycles. The highest BCUT2D eigenvalue weighted by molar-refractivity contribution is 5.76. The predicted octanol–water partition coefficient (Wildman–Crippen LogP) is 4.49. The molecule has 0 radical (unpaired) electrons. The molecular formula is C23H24N2O4. The zero-order valence-electron chi connectivity index (χ0n) is 16.9. The number of para-hydroxylation sites is 2. The Morgan fingerprint density at radius 3 is 2.52 bits per heavy atom. The van der Waals surface area contributed by atoms with Gasteiger partial charge in [0, 0.05) is 6.04 Å². The van der Waals surface area contributed by atoms with Crippen LogP contribution in [0.3, 0.4) is 0 Å². The minimum absolute atomic E-state index is 0.0441. The molecule has 0 saturated carbocycles. The highest BCUT2D eigenvalue weighted by Crippen LogP contribution is 2.25. The summed E-state index contributed by atoms with van der Waals surface area (Å²) in [6.07, 6.45) is 0. The second-order valence-electron chi connectivity index (χ2n) is 7.22. The summed E-state index contributed by atoms with van der Waals surface area (Å²) in [5.41, 5.74) is 1.23. The van der Waals surface area contributed by atoms with Crippen LogP contribution in [-0.4, -0.2) is 21.7 Å². The lowest BCUT2D eigenvalue weighted by Gasteiger charge is -2.22. The topological polar surface area (TPSA) is 84.6 Å². The number of nitrogens with one attached hydrogen (secondary N) is 1. The average molecular weight is 392 g/mol. The first kappa shape index (κ1) is 20.4. The lowest BCUT2D eigenvalue weighted by Crippen LogP contribution is -2.37. The molecule has 2 N–H and O–H groups in total. The summed E-state index contributed by atoms with van der Waals surface area (Å²) >= 11 is 0. The summed E-state index contributed by atoms with van der Waals surface area (Å²) in [6.45, 7) is 6.83. The van der Waals surface area contributed by atoms with E-state index >= 15 is 0 Å². The highest BCUT2D eigenvalue weighted by atomic mass is 16.5. The molecular weight excluding hydrogens is 368 g/mol. The minimum Gasteiger partial charge on any atom is -0.478 e. The maximum atomic E-state index is 11.2. The van der Waals surface area contributed by atoms with Crippen molar-refractivity contribution in [2.45, 2.75) is 45.4 Å². The van der Waals surface area contributed by atoms with Crippen molar-refractivity contribution in [2.75, 3.05) is 0 Å². The number of fused-ring (bicyclic) bond motifs is 1. The molecule has 3 aromatic rings. The third-order valence-electron chi connectivity index (χ3n) is 4.53. The van der Waals surface area contributed by atoms with E-state index in [0.717, 1.165) is 16.7 Å². The third kappa shape index (κ3) is 4.76. The van der Waals surface area contributed by atoms with Crippen LogP contribution < -0.4 is 10.1 Å². The number of oxazole rings is 1. The molecule has 150 valence electrons. The van der Waals surface area contributed by atoms with E-state index in [0.29, 0.717) is 11.6 Å². The molecule has 29 heavy (non-hydrogen) atoms. The summed E-state index contributed by atoms with van der Waals surface area (Å²) in [5, 5.41) is 12.6. The molecule has 6 heteroatoms. The van der Waals surface area contributed by atoms with Crippen LogP contribution in [0.25, 0.3) is 11.1 Å². The smallest absolute Gasteiger partial charge is 0.347 e. The molecule has 0 aliphatic heterocycles. The lowest BCUT2D eigenvalue weighted by molar-refractivity contribution is -0.152. The number of carboxylic acid groups (broad SMARTS) is 1. The second kappa shape index (κ2) is 8.38. The van der Waals surface area contributed by atoms with Crippen molar-refractivity contribution in [2.24, 2.45) is 0 Å². The zero-order chi connectivity index (χ0) is 21.0. The van der Waals surface area contributed by atoms with Gasteiger partial charge in [0.05, 0.1) is 0 Å². The molecule has 1 heterocycles. The van der Waals surface area contributed by atoms with Gasteiger partial charge in [0.2, 0.25) is 5.89 Å². The van der Waals surface area contributed by atoms with Crippen LogP contribution in [0.5, 0.6) is 5.75 Å². The van der Waals surface area contributed by atoms with Crippen molar-refractivity contribution in [3.8, 4) is 17.6 Å². The Morgan fingerprint density at radius 2 is 1.90 bits per heavy atom. The molecule has 2 atom stereocenters. The maximum absolute atomic E-state index is 11.2. The zero-order valence-corrected chi connectivity index (χ0v) is 16.9. The van der Waals surface area contributed by atoms with Crippen LogP contribution >= 0.6 is 0 Å². The van der Waals surface area contributed by atoms with Crippen LogP contribution in [0.1, 0.15) is 51.2 Å². The predicted molar refractivity (Wildman–Crippen MR) is 111 cm³/mol. The molecule has 0 saturated heterocycles. The van der Waals surface area contributed by atoms with Gasteiger partial charge in [-0.1, -0.05) is 30.2 Å². The fourth-order valence-electron chi connectivity index (χ4n) is 2.84. The van der Waals surface area contributed by atoms with Crippen molar-refractivity contribution in [3.05, 3.63) is 60.0 Å². The van der Waals surface area contributed by atoms with Gasteiger partial charge < -0.3 is 14.3 Å². The van der Waals surface area contributed by atoms with E-state index in [1.807, 2.05) is 43.3 Å². The molecule has 0 amide bonds. The van der Waals surface area contributed by atoms with E-state index in [4.69, 9.17) is 9.15 Å². The van der Waals surface area contributed by atoms with Crippen LogP contribution in [0.2, 0.25) is 0 Å². The largest absolute Gasteiger partial charge is 0.478 e. The molecule has 0 bridgehead atoms. The first-order valence-electron chi connectivity index (χ1n) is 9.36. The number of rotatable bonds is 7. The van der Waals surface area contributed by atoms with Gasteiger partial charge in [0.1, 0.15) is 17.3 Å². The van der Waals surface area contributed by atoms with Crippen LogP contribution in [0.4, 0.5) is 0 Å². The summed E-state index contributed by atoms with van der Waals surface area (Å²) in [6, 6.07) is 14.5. The lowest BCUT2D eigenvalue weighted by atomic mass is 10.1. The van der Waals surface area contributed by atoms with Gasteiger partial charge in [0.25, 0.3) is 0 Å². The number of carboxylic acids is 1. The number of nitrogens with zero attached hydrogens (tertiary/aromatic N) is 1. The third-order valence-corrected chi connectivity index (χ3v) is 4.53. The van der Waals surface area contributed by atoms with Crippen LogP contribution in [-0.2, 0) is 4.79 Å². The van der Waals surface area contributed by atoms with E-state index in [-0.39, 0.29) is 12.1 Å². The minimum atomic E-state index is -1.29.